The van der Waals surface area contributed by atoms with Gasteiger partial charge >= 0.3 is 12.0 Å². The van der Waals surface area contributed by atoms with Gasteiger partial charge in [-0.05, 0) is 39.8 Å². The monoisotopic (exact) mass is 392 g/mol. The van der Waals surface area contributed by atoms with Gasteiger partial charge in [0.2, 0.25) is 0 Å². The zero-order valence-electron chi connectivity index (χ0n) is 17.0. The maximum atomic E-state index is 12.3. The lowest BCUT2D eigenvalue weighted by atomic mass is 10.1. The highest BCUT2D eigenvalue weighted by Crippen LogP contribution is 2.07. The van der Waals surface area contributed by atoms with Crippen molar-refractivity contribution in [2.75, 3.05) is 26.3 Å². The van der Waals surface area contributed by atoms with E-state index in [9.17, 15) is 14.4 Å². The Hall–Kier alpha value is -2.45. The predicted octanol–water partition coefficient (Wildman–Crippen LogP) is 0.271. The van der Waals surface area contributed by atoms with Gasteiger partial charge in [0, 0.05) is 11.1 Å². The number of imide groups is 1. The summed E-state index contributed by atoms with van der Waals surface area (Å²) in [6.07, 6.45) is -1.09. The van der Waals surface area contributed by atoms with Crippen LogP contribution in [0.4, 0.5) is 4.79 Å². The molecule has 1 fully saturated rings. The number of benzene rings is 1. The first-order chi connectivity index (χ1) is 13.1. The van der Waals surface area contributed by atoms with E-state index in [1.807, 2.05) is 12.1 Å². The lowest BCUT2D eigenvalue weighted by molar-refractivity contribution is -0.921. The Labute approximate surface area is 165 Å². The first-order valence-electron chi connectivity index (χ1n) is 9.48. The topological polar surface area (TPSA) is 98.2 Å². The fraction of sp³-hybridized carbons (Fsp3) is 0.550. The summed E-state index contributed by atoms with van der Waals surface area (Å²) >= 11 is 0. The highest BCUT2D eigenvalue weighted by atomic mass is 16.5. The molecular weight excluding hydrogens is 362 g/mol. The van der Waals surface area contributed by atoms with Crippen LogP contribution in [0.1, 0.15) is 43.6 Å². The lowest BCUT2D eigenvalue weighted by Gasteiger charge is -2.23. The van der Waals surface area contributed by atoms with Crippen LogP contribution < -0.4 is 15.5 Å². The summed E-state index contributed by atoms with van der Waals surface area (Å²) < 4.78 is 10.5. The molecule has 0 saturated carbocycles. The van der Waals surface area contributed by atoms with Gasteiger partial charge in [-0.15, -0.1) is 0 Å². The molecule has 0 spiro atoms. The molecule has 1 aromatic rings. The smallest absolute Gasteiger partial charge is 0.338 e. The molecule has 2 rings (SSSR count). The first kappa shape index (κ1) is 21.8. The molecule has 154 valence electrons. The minimum atomic E-state index is -1.09. The van der Waals surface area contributed by atoms with E-state index < -0.39 is 29.6 Å². The van der Waals surface area contributed by atoms with Crippen molar-refractivity contribution in [3.63, 3.8) is 0 Å². The molecule has 1 aliphatic heterocycles. The van der Waals surface area contributed by atoms with Crippen LogP contribution in [0.2, 0.25) is 0 Å². The molecule has 0 aromatic heterocycles. The van der Waals surface area contributed by atoms with Crippen LogP contribution in [-0.4, -0.2) is 55.9 Å². The van der Waals surface area contributed by atoms with Gasteiger partial charge in [-0.25, -0.2) is 9.59 Å². The minimum absolute atomic E-state index is 0.361. The number of morpholine rings is 1. The Morgan fingerprint density at radius 1 is 1.14 bits per heavy atom. The first-order valence-corrected chi connectivity index (χ1v) is 9.48. The molecule has 1 saturated heterocycles. The average molecular weight is 392 g/mol. The molecule has 1 aliphatic rings. The zero-order valence-corrected chi connectivity index (χ0v) is 17.0. The van der Waals surface area contributed by atoms with Gasteiger partial charge in [-0.3, -0.25) is 10.1 Å². The summed E-state index contributed by atoms with van der Waals surface area (Å²) in [5, 5.41) is 4.78. The van der Waals surface area contributed by atoms with Gasteiger partial charge in [-0.2, -0.15) is 0 Å². The number of ether oxygens (including phenoxy) is 2. The number of nitrogens with one attached hydrogen (secondary N) is 3. The van der Waals surface area contributed by atoms with Gasteiger partial charge in [0.15, 0.2) is 6.10 Å². The van der Waals surface area contributed by atoms with Crippen molar-refractivity contribution in [2.45, 2.75) is 45.9 Å². The molecule has 28 heavy (non-hydrogen) atoms. The summed E-state index contributed by atoms with van der Waals surface area (Å²) in [5.41, 5.74) is 1.01. The number of hydrogen-bond donors (Lipinski definition) is 3. The number of hydrogen-bond acceptors (Lipinski definition) is 5. The van der Waals surface area contributed by atoms with Crippen LogP contribution in [0.15, 0.2) is 24.3 Å². The molecule has 0 unspecified atom stereocenters. The Morgan fingerprint density at radius 3 is 2.32 bits per heavy atom. The Balaban J connectivity index is 1.84. The molecule has 8 nitrogen and oxygen atoms in total. The third kappa shape index (κ3) is 7.28. The summed E-state index contributed by atoms with van der Waals surface area (Å²) in [5.74, 6) is -1.29. The normalized spacial score (nSPS) is 16.1. The Bertz CT molecular complexity index is 691. The predicted molar refractivity (Wildman–Crippen MR) is 103 cm³/mol. The van der Waals surface area contributed by atoms with Crippen LogP contribution in [0.25, 0.3) is 0 Å². The molecule has 0 aliphatic carbocycles. The summed E-state index contributed by atoms with van der Waals surface area (Å²) in [6.45, 7) is 11.2. The fourth-order valence-corrected chi connectivity index (χ4v) is 2.75. The van der Waals surface area contributed by atoms with Gasteiger partial charge in [0.05, 0.1) is 18.8 Å². The summed E-state index contributed by atoms with van der Waals surface area (Å²) in [6, 6.07) is 6.53. The van der Waals surface area contributed by atoms with Crippen molar-refractivity contribution in [1.82, 2.24) is 10.6 Å². The molecule has 1 heterocycles. The second-order valence-corrected chi connectivity index (χ2v) is 7.98. The van der Waals surface area contributed by atoms with Crippen molar-refractivity contribution < 1.29 is 28.8 Å². The number of urea groups is 1. The quantitative estimate of drug-likeness (QED) is 0.625. The largest absolute Gasteiger partial charge is 0.449 e. The highest BCUT2D eigenvalue weighted by Gasteiger charge is 2.23. The maximum absolute atomic E-state index is 12.3. The number of esters is 1. The lowest BCUT2D eigenvalue weighted by Crippen LogP contribution is -3.12. The number of amides is 3. The van der Waals surface area contributed by atoms with Gasteiger partial charge in [0.1, 0.15) is 19.6 Å². The third-order valence-electron chi connectivity index (χ3n) is 4.22. The number of rotatable bonds is 5. The number of carbonyl (C=O) groups is 3. The van der Waals surface area contributed by atoms with Crippen molar-refractivity contribution in [3.05, 3.63) is 35.4 Å². The van der Waals surface area contributed by atoms with E-state index in [1.165, 1.54) is 11.8 Å². The Morgan fingerprint density at radius 2 is 1.75 bits per heavy atom. The second-order valence-electron chi connectivity index (χ2n) is 7.98. The van der Waals surface area contributed by atoms with Crippen LogP contribution in [0.5, 0.6) is 0 Å². The van der Waals surface area contributed by atoms with Crippen LogP contribution in [0.3, 0.4) is 0 Å². The highest BCUT2D eigenvalue weighted by molar-refractivity contribution is 5.98. The van der Waals surface area contributed by atoms with E-state index >= 15 is 0 Å². The van der Waals surface area contributed by atoms with Crippen molar-refractivity contribution in [1.29, 1.82) is 0 Å². The van der Waals surface area contributed by atoms with Gasteiger partial charge in [0.25, 0.3) is 5.91 Å². The number of carbonyl (C=O) groups excluding carboxylic acids is 3. The molecule has 0 bridgehead atoms. The van der Waals surface area contributed by atoms with E-state index in [0.717, 1.165) is 38.4 Å². The van der Waals surface area contributed by atoms with Crippen LogP contribution in [0, 0.1) is 0 Å². The van der Waals surface area contributed by atoms with E-state index in [-0.39, 0.29) is 0 Å². The second kappa shape index (κ2) is 9.66. The van der Waals surface area contributed by atoms with Crippen LogP contribution in [-0.2, 0) is 20.8 Å². The van der Waals surface area contributed by atoms with Crippen molar-refractivity contribution in [3.8, 4) is 0 Å². The zero-order chi connectivity index (χ0) is 20.7. The third-order valence-corrected chi connectivity index (χ3v) is 4.22. The van der Waals surface area contributed by atoms with Crippen LogP contribution >= 0.6 is 0 Å². The minimum Gasteiger partial charge on any atom is -0.449 e. The molecule has 0 radical (unpaired) electrons. The molecule has 3 amide bonds. The van der Waals surface area contributed by atoms with Gasteiger partial charge in [-0.1, -0.05) is 12.1 Å². The molecule has 8 heteroatoms. The van der Waals surface area contributed by atoms with E-state index in [2.05, 4.69) is 10.6 Å². The number of quaternary nitrogens is 1. The average Bonchev–Trinajstić information content (AvgIpc) is 2.61. The van der Waals surface area contributed by atoms with Crippen molar-refractivity contribution >= 4 is 17.9 Å². The molecular formula is C20H30N3O5+. The van der Waals surface area contributed by atoms with E-state index in [0.29, 0.717) is 5.56 Å². The fourth-order valence-electron chi connectivity index (χ4n) is 2.75. The Kier molecular flexibility index (Phi) is 7.53. The van der Waals surface area contributed by atoms with E-state index in [4.69, 9.17) is 9.47 Å². The molecule has 3 N–H and O–H groups in total. The summed E-state index contributed by atoms with van der Waals surface area (Å²) in [4.78, 5) is 37.5. The summed E-state index contributed by atoms with van der Waals surface area (Å²) in [7, 11) is 0. The SMILES string of the molecule is C[C@@H](OC(=O)c1ccc(C[NH+]2CCOCC2)cc1)C(=O)NC(=O)NC(C)(C)C. The van der Waals surface area contributed by atoms with Gasteiger partial charge < -0.3 is 19.7 Å². The van der Waals surface area contributed by atoms with Crippen molar-refractivity contribution in [2.24, 2.45) is 0 Å². The maximum Gasteiger partial charge on any atom is 0.338 e. The van der Waals surface area contributed by atoms with E-state index in [1.54, 1.807) is 32.9 Å². The molecule has 1 atom stereocenters. The molecule has 1 aromatic carbocycles. The standard InChI is InChI=1S/C20H29N3O5/c1-14(17(24)21-19(26)22-20(2,3)4)28-18(25)16-7-5-15(6-8-16)13-23-9-11-27-12-10-23/h5-8,14H,9-13H2,1-4H3,(H2,21,22,24,26)/p+1/t14-/m1/s1.